The third-order valence-corrected chi connectivity index (χ3v) is 3.77. The monoisotopic (exact) mass is 320 g/mol. The van der Waals surface area contributed by atoms with Crippen molar-refractivity contribution >= 4 is 29.3 Å². The second-order valence-corrected chi connectivity index (χ2v) is 5.29. The largest absolute Gasteiger partial charge is 0.476 e. The Morgan fingerprint density at radius 1 is 1.27 bits per heavy atom. The molecule has 0 spiro atoms. The number of nitrogens with zero attached hydrogens (tertiary/aromatic N) is 2. The molecule has 0 saturated carbocycles. The number of rotatable bonds is 3. The zero-order valence-corrected chi connectivity index (χ0v) is 11.7. The van der Waals surface area contributed by atoms with Gasteiger partial charge in [-0.2, -0.15) is 0 Å². The van der Waals surface area contributed by atoms with E-state index in [1.807, 2.05) is 0 Å². The second-order valence-electron chi connectivity index (χ2n) is 4.85. The maximum Gasteiger partial charge on any atom is 0.372 e. The summed E-state index contributed by atoms with van der Waals surface area (Å²) < 4.78 is 1.10. The molecule has 0 fully saturated rings. The molecule has 0 aliphatic heterocycles. The number of hydrogen-bond acceptors (Lipinski definition) is 4. The van der Waals surface area contributed by atoms with Gasteiger partial charge in [-0.15, -0.1) is 0 Å². The van der Waals surface area contributed by atoms with Gasteiger partial charge in [0.25, 0.3) is 0 Å². The smallest absolute Gasteiger partial charge is 0.372 e. The lowest BCUT2D eigenvalue weighted by atomic mass is 10.1. The molecule has 2 aromatic rings. The van der Waals surface area contributed by atoms with Crippen LogP contribution >= 0.6 is 11.6 Å². The average molecular weight is 321 g/mol. The quantitative estimate of drug-likeness (QED) is 0.894. The number of carbonyl (C=O) groups is 3. The van der Waals surface area contributed by atoms with Gasteiger partial charge < -0.3 is 14.8 Å². The topological polar surface area (TPSA) is 109 Å². The zero-order valence-electron chi connectivity index (χ0n) is 11.0. The van der Waals surface area contributed by atoms with Crippen molar-refractivity contribution in [1.82, 2.24) is 9.55 Å². The molecule has 0 radical (unpaired) electrons. The minimum Gasteiger partial charge on any atom is -0.476 e. The Labute approximate surface area is 128 Å². The number of benzene rings is 1. The van der Waals surface area contributed by atoms with Crippen LogP contribution in [0.4, 0.5) is 0 Å². The van der Waals surface area contributed by atoms with E-state index < -0.39 is 29.5 Å². The summed E-state index contributed by atoms with van der Waals surface area (Å²) in [4.78, 5) is 38.2. The second kappa shape index (κ2) is 4.96. The van der Waals surface area contributed by atoms with E-state index in [0.29, 0.717) is 10.6 Å². The fraction of sp³-hybridized carbons (Fsp3) is 0.143. The molecule has 2 N–H and O–H groups in total. The predicted molar refractivity (Wildman–Crippen MR) is 74.7 cm³/mol. The number of aromatic carboxylic acids is 2. The van der Waals surface area contributed by atoms with Crippen molar-refractivity contribution in [2.45, 2.75) is 12.5 Å². The van der Waals surface area contributed by atoms with E-state index in [-0.39, 0.29) is 12.2 Å². The molecule has 1 unspecified atom stereocenters. The van der Waals surface area contributed by atoms with E-state index in [1.54, 1.807) is 12.1 Å². The van der Waals surface area contributed by atoms with Crippen LogP contribution in [-0.4, -0.2) is 37.5 Å². The van der Waals surface area contributed by atoms with Gasteiger partial charge in [0, 0.05) is 23.2 Å². The molecular formula is C14H9ClN2O5. The molecule has 1 aromatic heterocycles. The van der Waals surface area contributed by atoms with Gasteiger partial charge in [-0.1, -0.05) is 17.7 Å². The number of ketones is 1. The maximum atomic E-state index is 12.5. The van der Waals surface area contributed by atoms with E-state index in [1.165, 1.54) is 6.07 Å². The SMILES string of the molecule is O=C(O)c1cn(C2Cc3ccc(Cl)cc3C2=O)c(C(=O)O)n1. The highest BCUT2D eigenvalue weighted by atomic mass is 35.5. The number of aromatic nitrogens is 2. The van der Waals surface area contributed by atoms with Crippen molar-refractivity contribution < 1.29 is 24.6 Å². The first-order valence-corrected chi connectivity index (χ1v) is 6.64. The Kier molecular flexibility index (Phi) is 3.22. The van der Waals surface area contributed by atoms with Crippen LogP contribution in [0.1, 0.15) is 43.1 Å². The molecule has 1 aliphatic rings. The number of Topliss-reactive ketones (excluding diaryl/α,β-unsaturated/α-hetero) is 1. The molecule has 1 heterocycles. The van der Waals surface area contributed by atoms with Crippen LogP contribution < -0.4 is 0 Å². The first-order chi connectivity index (χ1) is 10.4. The first kappa shape index (κ1) is 14.3. The van der Waals surface area contributed by atoms with Crippen LogP contribution in [0.15, 0.2) is 24.4 Å². The molecule has 3 rings (SSSR count). The fourth-order valence-corrected chi connectivity index (χ4v) is 2.73. The van der Waals surface area contributed by atoms with Gasteiger partial charge in [-0.25, -0.2) is 14.6 Å². The normalized spacial score (nSPS) is 16.6. The standard InChI is InChI=1S/C14H9ClN2O5/c15-7-2-1-6-3-10(11(18)8(6)4-7)17-5-9(13(19)20)16-12(17)14(21)22/h1-2,4-5,10H,3H2,(H,19,20)(H,21,22). The first-order valence-electron chi connectivity index (χ1n) is 6.26. The number of carbonyl (C=O) groups excluding carboxylic acids is 1. The molecule has 0 amide bonds. The Morgan fingerprint density at radius 2 is 2.00 bits per heavy atom. The zero-order chi connectivity index (χ0) is 16.0. The van der Waals surface area contributed by atoms with E-state index >= 15 is 0 Å². The fourth-order valence-electron chi connectivity index (χ4n) is 2.55. The number of halogens is 1. The van der Waals surface area contributed by atoms with Crippen LogP contribution in [-0.2, 0) is 6.42 Å². The van der Waals surface area contributed by atoms with Crippen LogP contribution in [0.25, 0.3) is 0 Å². The summed E-state index contributed by atoms with van der Waals surface area (Å²) in [6, 6.07) is 4.03. The molecule has 112 valence electrons. The van der Waals surface area contributed by atoms with E-state index in [9.17, 15) is 14.4 Å². The van der Waals surface area contributed by atoms with Gasteiger partial charge in [0.15, 0.2) is 11.5 Å². The van der Waals surface area contributed by atoms with Gasteiger partial charge in [0.05, 0.1) is 0 Å². The third-order valence-electron chi connectivity index (χ3n) is 3.53. The highest BCUT2D eigenvalue weighted by Gasteiger charge is 2.35. The van der Waals surface area contributed by atoms with Crippen molar-refractivity contribution in [1.29, 1.82) is 0 Å². The molecule has 0 saturated heterocycles. The van der Waals surface area contributed by atoms with Crippen LogP contribution in [0, 0.1) is 0 Å². The summed E-state index contributed by atoms with van der Waals surface area (Å²) >= 11 is 5.87. The van der Waals surface area contributed by atoms with Crippen LogP contribution in [0.5, 0.6) is 0 Å². The highest BCUT2D eigenvalue weighted by Crippen LogP contribution is 2.33. The molecule has 1 atom stereocenters. The Morgan fingerprint density at radius 3 is 2.64 bits per heavy atom. The average Bonchev–Trinajstić information content (AvgIpc) is 3.01. The summed E-state index contributed by atoms with van der Waals surface area (Å²) in [5.41, 5.74) is 0.736. The number of carboxylic acid groups (broad SMARTS) is 2. The van der Waals surface area contributed by atoms with Gasteiger partial charge in [-0.3, -0.25) is 4.79 Å². The Balaban J connectivity index is 2.08. The third kappa shape index (κ3) is 2.15. The predicted octanol–water partition coefficient (Wildman–Crippen LogP) is 1.91. The van der Waals surface area contributed by atoms with E-state index in [2.05, 4.69) is 4.98 Å². The van der Waals surface area contributed by atoms with Gasteiger partial charge in [-0.05, 0) is 17.7 Å². The number of imidazole rings is 1. The lowest BCUT2D eigenvalue weighted by molar-refractivity contribution is 0.0674. The number of hydrogen-bond donors (Lipinski definition) is 2. The van der Waals surface area contributed by atoms with Crippen LogP contribution in [0.3, 0.4) is 0 Å². The summed E-state index contributed by atoms with van der Waals surface area (Å²) in [5, 5.41) is 18.5. The van der Waals surface area contributed by atoms with Crippen molar-refractivity contribution in [2.75, 3.05) is 0 Å². The minimum atomic E-state index is -1.39. The molecule has 0 bridgehead atoms. The van der Waals surface area contributed by atoms with Gasteiger partial charge in [0.1, 0.15) is 6.04 Å². The maximum absolute atomic E-state index is 12.5. The lowest BCUT2D eigenvalue weighted by Crippen LogP contribution is -2.20. The Hall–Kier alpha value is -2.67. The van der Waals surface area contributed by atoms with Crippen LogP contribution in [0.2, 0.25) is 5.02 Å². The van der Waals surface area contributed by atoms with E-state index in [4.69, 9.17) is 21.8 Å². The Bertz CT molecular complexity index is 827. The molecule has 8 heteroatoms. The summed E-state index contributed by atoms with van der Waals surface area (Å²) in [6.07, 6.45) is 1.34. The van der Waals surface area contributed by atoms with E-state index in [0.717, 1.165) is 16.3 Å². The minimum absolute atomic E-state index is 0.265. The number of fused-ring (bicyclic) bond motifs is 1. The molecule has 22 heavy (non-hydrogen) atoms. The highest BCUT2D eigenvalue weighted by molar-refractivity contribution is 6.31. The van der Waals surface area contributed by atoms with Crippen molar-refractivity contribution in [3.05, 3.63) is 52.1 Å². The van der Waals surface area contributed by atoms with Crippen molar-refractivity contribution in [3.8, 4) is 0 Å². The van der Waals surface area contributed by atoms with Crippen molar-refractivity contribution in [2.24, 2.45) is 0 Å². The molecule has 1 aromatic carbocycles. The molecular weight excluding hydrogens is 312 g/mol. The molecule has 7 nitrogen and oxygen atoms in total. The lowest BCUT2D eigenvalue weighted by Gasteiger charge is -2.11. The summed E-state index contributed by atoms with van der Waals surface area (Å²) in [5.74, 6) is -3.54. The van der Waals surface area contributed by atoms with Gasteiger partial charge in [0.2, 0.25) is 5.82 Å². The molecule has 1 aliphatic carbocycles. The summed E-state index contributed by atoms with van der Waals surface area (Å²) in [7, 11) is 0. The van der Waals surface area contributed by atoms with Crippen molar-refractivity contribution in [3.63, 3.8) is 0 Å². The number of carboxylic acids is 2. The van der Waals surface area contributed by atoms with Gasteiger partial charge >= 0.3 is 11.9 Å². The summed E-state index contributed by atoms with van der Waals surface area (Å²) in [6.45, 7) is 0.